The molecule has 278 valence electrons. The van der Waals surface area contributed by atoms with Crippen molar-refractivity contribution >= 4 is 17.7 Å². The molecule has 10 nitrogen and oxygen atoms in total. The van der Waals surface area contributed by atoms with Crippen LogP contribution >= 0.6 is 0 Å². The van der Waals surface area contributed by atoms with Crippen LogP contribution in [0.2, 0.25) is 0 Å². The Morgan fingerprint density at radius 1 is 1.12 bits per heavy atom. The number of amides is 1. The summed E-state index contributed by atoms with van der Waals surface area (Å²) in [5, 5.41) is 26.2. The fourth-order valence-corrected chi connectivity index (χ4v) is 8.53. The van der Waals surface area contributed by atoms with Gasteiger partial charge in [-0.25, -0.2) is 4.79 Å². The smallest absolute Gasteiger partial charge is 0.412 e. The lowest BCUT2D eigenvalue weighted by Crippen LogP contribution is -2.58. The molecule has 4 aliphatic heterocycles. The van der Waals surface area contributed by atoms with Crippen LogP contribution in [0.15, 0.2) is 77.4 Å². The van der Waals surface area contributed by atoms with Crippen molar-refractivity contribution < 1.29 is 43.5 Å². The number of hydrogen-bond acceptors (Lipinski definition) is 9. The van der Waals surface area contributed by atoms with Gasteiger partial charge >= 0.3 is 12.1 Å². The van der Waals surface area contributed by atoms with Crippen molar-refractivity contribution in [2.45, 2.75) is 128 Å². The largest absolute Gasteiger partial charge is 0.462 e. The predicted octanol–water partition coefficient (Wildman–Crippen LogP) is 6.79. The molecular weight excluding hydrogens is 650 g/mol. The average molecular weight is 706 g/mol. The fourth-order valence-electron chi connectivity index (χ4n) is 8.53. The van der Waals surface area contributed by atoms with Crippen molar-refractivity contribution in [2.24, 2.45) is 23.7 Å². The van der Waals surface area contributed by atoms with Gasteiger partial charge in [0.2, 0.25) is 0 Å². The third-order valence-electron chi connectivity index (χ3n) is 11.7. The van der Waals surface area contributed by atoms with Gasteiger partial charge in [0.15, 0.2) is 5.79 Å². The Hall–Kier alpha value is -3.28. The van der Waals surface area contributed by atoms with Crippen LogP contribution < -0.4 is 5.32 Å². The molecular formula is C41H55NO9. The van der Waals surface area contributed by atoms with Crippen LogP contribution in [0.4, 0.5) is 10.5 Å². The van der Waals surface area contributed by atoms with E-state index in [4.69, 9.17) is 23.7 Å². The van der Waals surface area contributed by atoms with Crippen LogP contribution in [0.5, 0.6) is 0 Å². The molecule has 0 radical (unpaired) electrons. The maximum absolute atomic E-state index is 14.2. The molecule has 12 atom stereocenters. The van der Waals surface area contributed by atoms with E-state index < -0.39 is 53.8 Å². The molecule has 3 fully saturated rings. The Labute approximate surface area is 301 Å². The third-order valence-corrected chi connectivity index (χ3v) is 11.7. The Morgan fingerprint density at radius 2 is 1.88 bits per heavy atom. The minimum Gasteiger partial charge on any atom is -0.462 e. The Balaban J connectivity index is 1.37. The molecule has 1 aromatic rings. The number of carbonyl (C=O) groups excluding carboxylic acids is 2. The zero-order valence-electron chi connectivity index (χ0n) is 30.7. The van der Waals surface area contributed by atoms with Crippen LogP contribution in [0.25, 0.3) is 0 Å². The highest BCUT2D eigenvalue weighted by Gasteiger charge is 2.60. The van der Waals surface area contributed by atoms with Gasteiger partial charge in [0.25, 0.3) is 0 Å². The molecule has 0 saturated carbocycles. The van der Waals surface area contributed by atoms with E-state index in [9.17, 15) is 19.8 Å². The van der Waals surface area contributed by atoms with Gasteiger partial charge in [0, 0.05) is 30.9 Å². The van der Waals surface area contributed by atoms with Crippen LogP contribution in [0.1, 0.15) is 80.1 Å². The summed E-state index contributed by atoms with van der Waals surface area (Å²) in [6, 6.07) is 9.15. The zero-order chi connectivity index (χ0) is 36.5. The maximum atomic E-state index is 14.2. The van der Waals surface area contributed by atoms with Gasteiger partial charge in [-0.2, -0.15) is 0 Å². The topological polar surface area (TPSA) is 133 Å². The average Bonchev–Trinajstić information content (AvgIpc) is 3.45. The number of fused-ring (bicyclic) bond motifs is 2. The lowest BCUT2D eigenvalue weighted by atomic mass is 9.71. The molecule has 5 aliphatic rings. The SMILES string of the molecule is CCC(C)[C@H]1O[C@]2(CC[C@@H]1C)C[C@@H]1C[C@@H](C/C=C(\C)[C@@H](OC(=O)Nc3ccccc3)[C@@H](C)/C=C/C=C3\CO[C@@H]4[C@H](O)C(C)=C[C@@H](C(=O)O1)[C@]34O)O2. The minimum absolute atomic E-state index is 0.00208. The normalized spacial score (nSPS) is 41.8. The summed E-state index contributed by atoms with van der Waals surface area (Å²) in [6.07, 6.45) is 8.74. The summed E-state index contributed by atoms with van der Waals surface area (Å²) >= 11 is 0. The highest BCUT2D eigenvalue weighted by atomic mass is 16.7. The molecule has 51 heavy (non-hydrogen) atoms. The molecule has 3 N–H and O–H groups in total. The number of allylic oxidation sites excluding steroid dienone is 2. The summed E-state index contributed by atoms with van der Waals surface area (Å²) in [7, 11) is 0. The summed E-state index contributed by atoms with van der Waals surface area (Å²) in [6.45, 7) is 12.3. The van der Waals surface area contributed by atoms with E-state index in [1.54, 1.807) is 37.3 Å². The van der Waals surface area contributed by atoms with Gasteiger partial charge < -0.3 is 33.9 Å². The van der Waals surface area contributed by atoms with E-state index in [2.05, 4.69) is 32.2 Å². The first-order chi connectivity index (χ1) is 24.3. The number of para-hydroxylation sites is 1. The molecule has 1 aromatic carbocycles. The molecule has 3 saturated heterocycles. The van der Waals surface area contributed by atoms with Crippen LogP contribution in [0.3, 0.4) is 0 Å². The van der Waals surface area contributed by atoms with Crippen molar-refractivity contribution in [2.75, 3.05) is 11.9 Å². The van der Waals surface area contributed by atoms with E-state index in [0.717, 1.165) is 18.4 Å². The van der Waals surface area contributed by atoms with E-state index in [1.807, 2.05) is 38.1 Å². The minimum atomic E-state index is -1.82. The van der Waals surface area contributed by atoms with Crippen LogP contribution in [-0.4, -0.2) is 76.9 Å². The zero-order valence-corrected chi connectivity index (χ0v) is 30.7. The van der Waals surface area contributed by atoms with Crippen LogP contribution in [0, 0.1) is 23.7 Å². The van der Waals surface area contributed by atoms with Gasteiger partial charge in [0.1, 0.15) is 35.9 Å². The van der Waals surface area contributed by atoms with Gasteiger partial charge in [0.05, 0.1) is 18.8 Å². The van der Waals surface area contributed by atoms with Crippen molar-refractivity contribution in [3.8, 4) is 0 Å². The second-order valence-corrected chi connectivity index (χ2v) is 15.5. The summed E-state index contributed by atoms with van der Waals surface area (Å²) in [4.78, 5) is 27.4. The number of aliphatic hydroxyl groups excluding tert-OH is 1. The monoisotopic (exact) mass is 705 g/mol. The molecule has 0 aromatic heterocycles. The molecule has 4 heterocycles. The number of carbonyl (C=O) groups is 2. The quantitative estimate of drug-likeness (QED) is 0.229. The standard InChI is InChI=1S/C41H55NO9/c1-7-24(2)36-27(5)18-19-40(51-36)22-32-21-31(50-40)17-16-26(4)35(49-39(45)42-30-14-9-8-10-15-30)25(3)12-11-13-29-23-47-37-34(43)28(6)20-33(38(44)48-32)41(29,37)46/h8-16,20,24-25,27,31-37,43,46H,7,17-19,21-23H2,1-6H3,(H,42,45)/b12-11+,26-16+,29-13+/t24?,25-,27-,31+,32-,33-,34+,35-,36+,37+,40+,41+/m0/s1. The number of nitrogens with one attached hydrogen (secondary N) is 1. The molecule has 1 unspecified atom stereocenters. The van der Waals surface area contributed by atoms with Gasteiger partial charge in [-0.05, 0) is 67.4 Å². The predicted molar refractivity (Wildman–Crippen MR) is 192 cm³/mol. The maximum Gasteiger partial charge on any atom is 0.412 e. The lowest BCUT2D eigenvalue weighted by Gasteiger charge is -2.51. The summed E-state index contributed by atoms with van der Waals surface area (Å²) < 4.78 is 32.1. The first-order valence-electron chi connectivity index (χ1n) is 18.7. The molecule has 1 spiro atoms. The highest BCUT2D eigenvalue weighted by molar-refractivity contribution is 5.84. The number of aliphatic hydroxyl groups is 2. The Morgan fingerprint density at radius 3 is 2.63 bits per heavy atom. The molecule has 6 rings (SSSR count). The van der Waals surface area contributed by atoms with E-state index >= 15 is 0 Å². The van der Waals surface area contributed by atoms with Crippen LogP contribution in [-0.2, 0) is 28.5 Å². The van der Waals surface area contributed by atoms with E-state index in [-0.39, 0.29) is 24.7 Å². The number of benzene rings is 1. The third kappa shape index (κ3) is 7.76. The number of rotatable bonds is 4. The number of esters is 1. The number of hydrogen-bond donors (Lipinski definition) is 3. The Kier molecular flexibility index (Phi) is 11.3. The lowest BCUT2D eigenvalue weighted by molar-refractivity contribution is -0.340. The number of anilines is 1. The first-order valence-corrected chi connectivity index (χ1v) is 18.7. The fraction of sp³-hybridized carbons (Fsp3) is 0.610. The van der Waals surface area contributed by atoms with Crippen molar-refractivity contribution in [3.05, 3.63) is 77.4 Å². The molecule has 2 bridgehead atoms. The Bertz CT molecular complexity index is 1550. The van der Waals surface area contributed by atoms with Gasteiger partial charge in [-0.1, -0.05) is 82.7 Å². The van der Waals surface area contributed by atoms with Gasteiger partial charge in [-0.15, -0.1) is 0 Å². The van der Waals surface area contributed by atoms with E-state index in [0.29, 0.717) is 54.4 Å². The van der Waals surface area contributed by atoms with Gasteiger partial charge in [-0.3, -0.25) is 10.1 Å². The first kappa shape index (κ1) is 37.5. The van der Waals surface area contributed by atoms with Crippen molar-refractivity contribution in [3.63, 3.8) is 0 Å². The summed E-state index contributed by atoms with van der Waals surface area (Å²) in [5.74, 6) is -2.18. The highest BCUT2D eigenvalue weighted by Crippen LogP contribution is 2.48. The molecule has 10 heteroatoms. The second kappa shape index (κ2) is 15.4. The van der Waals surface area contributed by atoms with Crippen molar-refractivity contribution in [1.82, 2.24) is 0 Å². The second-order valence-electron chi connectivity index (χ2n) is 15.5. The number of ether oxygens (including phenoxy) is 5. The molecule has 1 amide bonds. The molecule has 1 aliphatic carbocycles. The van der Waals surface area contributed by atoms with Crippen molar-refractivity contribution in [1.29, 1.82) is 0 Å². The summed E-state index contributed by atoms with van der Waals surface area (Å²) in [5.41, 5.74) is 0.663. The van der Waals surface area contributed by atoms with E-state index in [1.165, 1.54) is 0 Å².